The zero-order valence-corrected chi connectivity index (χ0v) is 10.3. The van der Waals surface area contributed by atoms with Crippen molar-refractivity contribution in [3.8, 4) is 0 Å². The van der Waals surface area contributed by atoms with Crippen LogP contribution >= 0.6 is 0 Å². The van der Waals surface area contributed by atoms with Crippen LogP contribution in [0.2, 0.25) is 0 Å². The Hall–Kier alpha value is -0.860. The van der Waals surface area contributed by atoms with Crippen molar-refractivity contribution in [2.45, 2.75) is 39.3 Å². The maximum atomic E-state index is 3.57. The molecule has 0 spiro atoms. The number of fused-ring (bicyclic) bond motifs is 1. The molecule has 1 aromatic rings. The Balaban J connectivity index is 2.18. The topological polar surface area (TPSA) is 24.1 Å². The first-order valence-corrected chi connectivity index (χ1v) is 6.41. The third-order valence-electron chi connectivity index (χ3n) is 3.36. The molecule has 1 aliphatic heterocycles. The lowest BCUT2D eigenvalue weighted by molar-refractivity contribution is 0.492. The first-order valence-electron chi connectivity index (χ1n) is 6.41. The molecule has 0 bridgehead atoms. The average Bonchev–Trinajstić information content (AvgIpc) is 2.35. The Kier molecular flexibility index (Phi) is 3.97. The van der Waals surface area contributed by atoms with Crippen LogP contribution in [0.5, 0.6) is 0 Å². The van der Waals surface area contributed by atoms with Crippen LogP contribution in [0.25, 0.3) is 0 Å². The van der Waals surface area contributed by atoms with Crippen molar-refractivity contribution < 1.29 is 0 Å². The second-order valence-electron chi connectivity index (χ2n) is 4.48. The smallest absolute Gasteiger partial charge is 0.0320 e. The van der Waals surface area contributed by atoms with Gasteiger partial charge in [-0.1, -0.05) is 32.0 Å². The van der Waals surface area contributed by atoms with Gasteiger partial charge in [-0.05, 0) is 42.6 Å². The van der Waals surface area contributed by atoms with Crippen LogP contribution in [0.1, 0.15) is 43.0 Å². The maximum absolute atomic E-state index is 3.57. The van der Waals surface area contributed by atoms with Gasteiger partial charge in [-0.2, -0.15) is 0 Å². The Labute approximate surface area is 98.4 Å². The highest BCUT2D eigenvalue weighted by Crippen LogP contribution is 2.25. The molecule has 0 aliphatic carbocycles. The summed E-state index contributed by atoms with van der Waals surface area (Å²) in [6, 6.07) is 7.51. The molecule has 0 radical (unpaired) electrons. The van der Waals surface area contributed by atoms with E-state index in [-0.39, 0.29) is 0 Å². The van der Waals surface area contributed by atoms with Crippen molar-refractivity contribution in [3.05, 3.63) is 34.9 Å². The highest BCUT2D eigenvalue weighted by atomic mass is 14.9. The molecule has 2 heteroatoms. The molecule has 0 saturated heterocycles. The summed E-state index contributed by atoms with van der Waals surface area (Å²) in [6.45, 7) is 7.55. The highest BCUT2D eigenvalue weighted by molar-refractivity contribution is 5.36. The summed E-state index contributed by atoms with van der Waals surface area (Å²) in [5.41, 5.74) is 4.47. The minimum absolute atomic E-state index is 0.567. The van der Waals surface area contributed by atoms with Crippen molar-refractivity contribution in [1.82, 2.24) is 10.6 Å². The molecule has 1 aromatic carbocycles. The summed E-state index contributed by atoms with van der Waals surface area (Å²) in [5.74, 6) is 0. The van der Waals surface area contributed by atoms with Crippen LogP contribution < -0.4 is 10.6 Å². The summed E-state index contributed by atoms with van der Waals surface area (Å²) in [6.07, 6.45) is 2.35. The van der Waals surface area contributed by atoms with Crippen LogP contribution in [0.4, 0.5) is 0 Å². The van der Waals surface area contributed by atoms with E-state index in [4.69, 9.17) is 0 Å². The minimum atomic E-state index is 0.567. The summed E-state index contributed by atoms with van der Waals surface area (Å²) in [4.78, 5) is 0. The van der Waals surface area contributed by atoms with E-state index in [1.807, 2.05) is 0 Å². The van der Waals surface area contributed by atoms with Gasteiger partial charge in [0.1, 0.15) is 0 Å². The zero-order valence-electron chi connectivity index (χ0n) is 10.3. The molecule has 1 aliphatic rings. The average molecular weight is 218 g/mol. The summed E-state index contributed by atoms with van der Waals surface area (Å²) >= 11 is 0. The van der Waals surface area contributed by atoms with Gasteiger partial charge in [-0.15, -0.1) is 0 Å². The molecule has 0 saturated carbocycles. The summed E-state index contributed by atoms with van der Waals surface area (Å²) < 4.78 is 0. The van der Waals surface area contributed by atoms with Gasteiger partial charge < -0.3 is 10.6 Å². The Bertz CT molecular complexity index is 347. The second kappa shape index (κ2) is 5.46. The highest BCUT2D eigenvalue weighted by Gasteiger charge is 2.17. The van der Waals surface area contributed by atoms with Crippen LogP contribution in [0, 0.1) is 0 Å². The van der Waals surface area contributed by atoms with Gasteiger partial charge >= 0.3 is 0 Å². The van der Waals surface area contributed by atoms with Gasteiger partial charge in [-0.3, -0.25) is 0 Å². The molecule has 16 heavy (non-hydrogen) atoms. The van der Waals surface area contributed by atoms with E-state index in [2.05, 4.69) is 42.7 Å². The van der Waals surface area contributed by atoms with Crippen molar-refractivity contribution in [3.63, 3.8) is 0 Å². The maximum Gasteiger partial charge on any atom is 0.0320 e. The first kappa shape index (κ1) is 11.6. The number of hydrogen-bond donors (Lipinski definition) is 2. The van der Waals surface area contributed by atoms with Crippen molar-refractivity contribution in [2.24, 2.45) is 0 Å². The van der Waals surface area contributed by atoms with E-state index in [1.165, 1.54) is 24.0 Å². The SMILES string of the molecule is CCNCc1ccc2c(c1)CCNC2CC. The van der Waals surface area contributed by atoms with Gasteiger partial charge in [0.2, 0.25) is 0 Å². The molecule has 1 heterocycles. The predicted molar refractivity (Wildman–Crippen MR) is 68.6 cm³/mol. The fourth-order valence-corrected chi connectivity index (χ4v) is 2.45. The fraction of sp³-hybridized carbons (Fsp3) is 0.571. The number of hydrogen-bond acceptors (Lipinski definition) is 2. The van der Waals surface area contributed by atoms with E-state index >= 15 is 0 Å². The van der Waals surface area contributed by atoms with Crippen LogP contribution in [0.3, 0.4) is 0 Å². The standard InChI is InChI=1S/C14H22N2/c1-3-14-13-6-5-11(10-15-4-2)9-12(13)7-8-16-14/h5-6,9,14-16H,3-4,7-8,10H2,1-2H3. The minimum Gasteiger partial charge on any atom is -0.313 e. The third kappa shape index (κ3) is 2.45. The largest absolute Gasteiger partial charge is 0.313 e. The van der Waals surface area contributed by atoms with Crippen molar-refractivity contribution in [2.75, 3.05) is 13.1 Å². The number of nitrogens with one attached hydrogen (secondary N) is 2. The van der Waals surface area contributed by atoms with Gasteiger partial charge in [0.15, 0.2) is 0 Å². The fourth-order valence-electron chi connectivity index (χ4n) is 2.45. The molecular formula is C14H22N2. The third-order valence-corrected chi connectivity index (χ3v) is 3.36. The quantitative estimate of drug-likeness (QED) is 0.811. The Morgan fingerprint density at radius 1 is 1.38 bits per heavy atom. The second-order valence-corrected chi connectivity index (χ2v) is 4.48. The van der Waals surface area contributed by atoms with Gasteiger partial charge in [0.25, 0.3) is 0 Å². The van der Waals surface area contributed by atoms with Crippen LogP contribution in [-0.2, 0) is 13.0 Å². The summed E-state index contributed by atoms with van der Waals surface area (Å²) in [5, 5.41) is 6.95. The molecule has 2 rings (SSSR count). The molecule has 88 valence electrons. The monoisotopic (exact) mass is 218 g/mol. The number of benzene rings is 1. The van der Waals surface area contributed by atoms with E-state index < -0.39 is 0 Å². The molecule has 2 N–H and O–H groups in total. The summed E-state index contributed by atoms with van der Waals surface area (Å²) in [7, 11) is 0. The number of rotatable bonds is 4. The molecular weight excluding hydrogens is 196 g/mol. The molecule has 0 aromatic heterocycles. The lowest BCUT2D eigenvalue weighted by atomic mass is 9.91. The van der Waals surface area contributed by atoms with Crippen LogP contribution in [-0.4, -0.2) is 13.1 Å². The van der Waals surface area contributed by atoms with E-state index in [9.17, 15) is 0 Å². The molecule has 1 atom stereocenters. The van der Waals surface area contributed by atoms with Gasteiger partial charge in [0, 0.05) is 12.6 Å². The molecule has 0 fully saturated rings. The van der Waals surface area contributed by atoms with Crippen molar-refractivity contribution >= 4 is 0 Å². The van der Waals surface area contributed by atoms with E-state index in [1.54, 1.807) is 5.56 Å². The molecule has 2 nitrogen and oxygen atoms in total. The Morgan fingerprint density at radius 3 is 3.00 bits per heavy atom. The molecule has 0 amide bonds. The van der Waals surface area contributed by atoms with E-state index in [0.29, 0.717) is 6.04 Å². The first-order chi connectivity index (χ1) is 7.85. The zero-order chi connectivity index (χ0) is 11.4. The lowest BCUT2D eigenvalue weighted by Crippen LogP contribution is -2.29. The molecule has 1 unspecified atom stereocenters. The van der Waals surface area contributed by atoms with Crippen LogP contribution in [0.15, 0.2) is 18.2 Å². The normalized spacial score (nSPS) is 19.5. The van der Waals surface area contributed by atoms with Gasteiger partial charge in [-0.25, -0.2) is 0 Å². The Morgan fingerprint density at radius 2 is 2.25 bits per heavy atom. The lowest BCUT2D eigenvalue weighted by Gasteiger charge is -2.26. The van der Waals surface area contributed by atoms with Crippen molar-refractivity contribution in [1.29, 1.82) is 0 Å². The van der Waals surface area contributed by atoms with E-state index in [0.717, 1.165) is 19.6 Å². The van der Waals surface area contributed by atoms with Gasteiger partial charge in [0.05, 0.1) is 0 Å². The predicted octanol–water partition coefficient (Wildman–Crippen LogP) is 2.39.